The van der Waals surface area contributed by atoms with Gasteiger partial charge in [-0.05, 0) is 41.3 Å². The summed E-state index contributed by atoms with van der Waals surface area (Å²) >= 11 is 3.39. The van der Waals surface area contributed by atoms with Crippen LogP contribution in [0.3, 0.4) is 0 Å². The molecule has 3 aromatic rings. The van der Waals surface area contributed by atoms with Crippen molar-refractivity contribution in [3.63, 3.8) is 0 Å². The molecule has 100 valence electrons. The van der Waals surface area contributed by atoms with Gasteiger partial charge in [-0.25, -0.2) is 0 Å². The Kier molecular flexibility index (Phi) is 3.56. The highest BCUT2D eigenvalue weighted by atomic mass is 79.9. The zero-order valence-corrected chi connectivity index (χ0v) is 12.3. The molecule has 3 rings (SSSR count). The average molecular weight is 329 g/mol. The van der Waals surface area contributed by atoms with Crippen LogP contribution in [0, 0.1) is 0 Å². The second kappa shape index (κ2) is 5.51. The summed E-state index contributed by atoms with van der Waals surface area (Å²) in [6, 6.07) is 15.6. The van der Waals surface area contributed by atoms with E-state index in [1.165, 1.54) is 0 Å². The van der Waals surface area contributed by atoms with Gasteiger partial charge in [0, 0.05) is 21.9 Å². The largest absolute Gasteiger partial charge is 0.361 e. The standard InChI is InChI=1S/C16H13BrN2O/c17-13-2-1-3-14(10-13)19-16(20)9-11-4-5-12-6-7-18-15(12)8-11/h1-8,10,18H,9H2,(H,19,20). The Balaban J connectivity index is 1.72. The van der Waals surface area contributed by atoms with E-state index in [0.29, 0.717) is 6.42 Å². The second-order valence-electron chi connectivity index (χ2n) is 4.63. The third kappa shape index (κ3) is 2.91. The predicted molar refractivity (Wildman–Crippen MR) is 84.8 cm³/mol. The Labute approximate surface area is 125 Å². The number of H-pyrrole nitrogens is 1. The maximum Gasteiger partial charge on any atom is 0.228 e. The second-order valence-corrected chi connectivity index (χ2v) is 5.55. The fourth-order valence-electron chi connectivity index (χ4n) is 2.16. The molecule has 1 heterocycles. The van der Waals surface area contributed by atoms with Crippen molar-refractivity contribution in [2.75, 3.05) is 5.32 Å². The number of aromatic nitrogens is 1. The maximum atomic E-state index is 12.0. The van der Waals surface area contributed by atoms with Crippen LogP contribution < -0.4 is 5.32 Å². The highest BCUT2D eigenvalue weighted by molar-refractivity contribution is 9.10. The van der Waals surface area contributed by atoms with E-state index in [9.17, 15) is 4.79 Å². The topological polar surface area (TPSA) is 44.9 Å². The highest BCUT2D eigenvalue weighted by Crippen LogP contribution is 2.17. The van der Waals surface area contributed by atoms with E-state index in [1.54, 1.807) is 0 Å². The number of hydrogen-bond donors (Lipinski definition) is 2. The molecule has 0 aliphatic carbocycles. The quantitative estimate of drug-likeness (QED) is 0.746. The van der Waals surface area contributed by atoms with Gasteiger partial charge in [-0.1, -0.05) is 34.1 Å². The first-order chi connectivity index (χ1) is 9.70. The average Bonchev–Trinajstić information content (AvgIpc) is 2.86. The lowest BCUT2D eigenvalue weighted by Gasteiger charge is -2.06. The molecule has 4 heteroatoms. The molecular formula is C16H13BrN2O. The molecule has 0 bridgehead atoms. The molecule has 2 aromatic carbocycles. The summed E-state index contributed by atoms with van der Waals surface area (Å²) in [6.45, 7) is 0. The number of nitrogens with one attached hydrogen (secondary N) is 2. The van der Waals surface area contributed by atoms with Crippen LogP contribution >= 0.6 is 15.9 Å². The third-order valence-electron chi connectivity index (χ3n) is 3.09. The number of fused-ring (bicyclic) bond motifs is 1. The minimum atomic E-state index is -0.0194. The van der Waals surface area contributed by atoms with Crippen LogP contribution in [0.25, 0.3) is 10.9 Å². The fraction of sp³-hybridized carbons (Fsp3) is 0.0625. The van der Waals surface area contributed by atoms with Crippen LogP contribution in [0.2, 0.25) is 0 Å². The molecule has 20 heavy (non-hydrogen) atoms. The van der Waals surface area contributed by atoms with Gasteiger partial charge < -0.3 is 10.3 Å². The molecule has 1 aromatic heterocycles. The van der Waals surface area contributed by atoms with Crippen LogP contribution in [0.1, 0.15) is 5.56 Å². The van der Waals surface area contributed by atoms with Gasteiger partial charge in [0.15, 0.2) is 0 Å². The van der Waals surface area contributed by atoms with Crippen LogP contribution in [0.4, 0.5) is 5.69 Å². The van der Waals surface area contributed by atoms with E-state index in [-0.39, 0.29) is 5.91 Å². The molecule has 0 aliphatic heterocycles. The molecule has 0 atom stereocenters. The number of amides is 1. The monoisotopic (exact) mass is 328 g/mol. The van der Waals surface area contributed by atoms with E-state index < -0.39 is 0 Å². The van der Waals surface area contributed by atoms with E-state index in [1.807, 2.05) is 54.7 Å². The molecule has 0 saturated heterocycles. The number of halogens is 1. The van der Waals surface area contributed by atoms with Gasteiger partial charge in [0.05, 0.1) is 6.42 Å². The Bertz CT molecular complexity index is 764. The summed E-state index contributed by atoms with van der Waals surface area (Å²) in [4.78, 5) is 15.2. The van der Waals surface area contributed by atoms with Gasteiger partial charge in [0.2, 0.25) is 5.91 Å². The minimum Gasteiger partial charge on any atom is -0.361 e. The van der Waals surface area contributed by atoms with Crippen LogP contribution in [-0.2, 0) is 11.2 Å². The lowest BCUT2D eigenvalue weighted by molar-refractivity contribution is -0.115. The van der Waals surface area contributed by atoms with Gasteiger partial charge in [-0.3, -0.25) is 4.79 Å². The first-order valence-electron chi connectivity index (χ1n) is 6.32. The number of aromatic amines is 1. The number of rotatable bonds is 3. The summed E-state index contributed by atoms with van der Waals surface area (Å²) in [5.74, 6) is -0.0194. The zero-order chi connectivity index (χ0) is 13.9. The van der Waals surface area contributed by atoms with E-state index in [0.717, 1.165) is 26.6 Å². The number of carbonyl (C=O) groups excluding carboxylic acids is 1. The van der Waals surface area contributed by atoms with Crippen molar-refractivity contribution in [3.8, 4) is 0 Å². The number of carbonyl (C=O) groups is 1. The zero-order valence-electron chi connectivity index (χ0n) is 10.7. The van der Waals surface area contributed by atoms with Crippen molar-refractivity contribution >= 4 is 38.4 Å². The van der Waals surface area contributed by atoms with Crippen molar-refractivity contribution in [1.82, 2.24) is 4.98 Å². The van der Waals surface area contributed by atoms with E-state index in [4.69, 9.17) is 0 Å². The summed E-state index contributed by atoms with van der Waals surface area (Å²) in [5, 5.41) is 4.05. The van der Waals surface area contributed by atoms with Crippen LogP contribution in [0.5, 0.6) is 0 Å². The van der Waals surface area contributed by atoms with Crippen LogP contribution in [-0.4, -0.2) is 10.9 Å². The molecule has 0 unspecified atom stereocenters. The fourth-order valence-corrected chi connectivity index (χ4v) is 2.56. The van der Waals surface area contributed by atoms with Gasteiger partial charge in [-0.15, -0.1) is 0 Å². The molecule has 0 spiro atoms. The molecule has 0 saturated carbocycles. The van der Waals surface area contributed by atoms with Crippen LogP contribution in [0.15, 0.2) is 59.2 Å². The minimum absolute atomic E-state index is 0.0194. The number of hydrogen-bond acceptors (Lipinski definition) is 1. The Morgan fingerprint density at radius 3 is 2.90 bits per heavy atom. The third-order valence-corrected chi connectivity index (χ3v) is 3.59. The van der Waals surface area contributed by atoms with Crippen molar-refractivity contribution in [1.29, 1.82) is 0 Å². The summed E-state index contributed by atoms with van der Waals surface area (Å²) in [7, 11) is 0. The lowest BCUT2D eigenvalue weighted by Crippen LogP contribution is -2.14. The molecular weight excluding hydrogens is 316 g/mol. The Morgan fingerprint density at radius 1 is 1.15 bits per heavy atom. The summed E-state index contributed by atoms with van der Waals surface area (Å²) in [6.07, 6.45) is 2.26. The summed E-state index contributed by atoms with van der Waals surface area (Å²) < 4.78 is 0.947. The summed E-state index contributed by atoms with van der Waals surface area (Å²) in [5.41, 5.74) is 2.84. The van der Waals surface area contributed by atoms with E-state index >= 15 is 0 Å². The van der Waals surface area contributed by atoms with Crippen molar-refractivity contribution in [3.05, 3.63) is 64.8 Å². The first kappa shape index (κ1) is 12.9. The predicted octanol–water partition coefficient (Wildman–Crippen LogP) is 4.11. The van der Waals surface area contributed by atoms with Gasteiger partial charge >= 0.3 is 0 Å². The number of benzene rings is 2. The van der Waals surface area contributed by atoms with Crippen molar-refractivity contribution in [2.45, 2.75) is 6.42 Å². The van der Waals surface area contributed by atoms with Crippen molar-refractivity contribution < 1.29 is 4.79 Å². The number of anilines is 1. The van der Waals surface area contributed by atoms with Crippen molar-refractivity contribution in [2.24, 2.45) is 0 Å². The molecule has 1 amide bonds. The lowest BCUT2D eigenvalue weighted by atomic mass is 10.1. The SMILES string of the molecule is O=C(Cc1ccc2cc[nH]c2c1)Nc1cccc(Br)c1. The Hall–Kier alpha value is -2.07. The van der Waals surface area contributed by atoms with E-state index in [2.05, 4.69) is 26.2 Å². The smallest absolute Gasteiger partial charge is 0.228 e. The molecule has 3 nitrogen and oxygen atoms in total. The normalized spacial score (nSPS) is 10.7. The first-order valence-corrected chi connectivity index (χ1v) is 7.11. The van der Waals surface area contributed by atoms with Gasteiger partial charge in [0.1, 0.15) is 0 Å². The highest BCUT2D eigenvalue weighted by Gasteiger charge is 2.05. The molecule has 2 N–H and O–H groups in total. The molecule has 0 radical (unpaired) electrons. The molecule has 0 aliphatic rings. The Morgan fingerprint density at radius 2 is 2.05 bits per heavy atom. The maximum absolute atomic E-state index is 12.0. The van der Waals surface area contributed by atoms with Gasteiger partial charge in [0.25, 0.3) is 0 Å². The van der Waals surface area contributed by atoms with Gasteiger partial charge in [-0.2, -0.15) is 0 Å². The molecule has 0 fully saturated rings.